The molecule has 0 bridgehead atoms. The van der Waals surface area contributed by atoms with Gasteiger partial charge in [-0.1, -0.05) is 11.6 Å². The Morgan fingerprint density at radius 2 is 2.00 bits per heavy atom. The zero-order valence-electron chi connectivity index (χ0n) is 9.85. The molecule has 4 nitrogen and oxygen atoms in total. The minimum Gasteiger partial charge on any atom is -0.354 e. The van der Waals surface area contributed by atoms with Gasteiger partial charge in [-0.15, -0.1) is 0 Å². The van der Waals surface area contributed by atoms with E-state index in [4.69, 9.17) is 11.6 Å². The van der Waals surface area contributed by atoms with Gasteiger partial charge in [0.05, 0.1) is 12.4 Å². The molecule has 0 radical (unpaired) electrons. The summed E-state index contributed by atoms with van der Waals surface area (Å²) >= 11 is 5.88. The van der Waals surface area contributed by atoms with Crippen molar-refractivity contribution in [2.24, 2.45) is 0 Å². The SMILES string of the molecule is Clc1cncc(N2CC[C@H](N3CCCC3)C2)n1. The highest BCUT2D eigenvalue weighted by Gasteiger charge is 2.29. The fraction of sp³-hybridized carbons (Fsp3) is 0.667. The summed E-state index contributed by atoms with van der Waals surface area (Å²) in [5.74, 6) is 0.916. The molecule has 0 saturated carbocycles. The number of likely N-dealkylation sites (tertiary alicyclic amines) is 1. The monoisotopic (exact) mass is 252 g/mol. The molecule has 3 rings (SSSR count). The van der Waals surface area contributed by atoms with E-state index in [1.54, 1.807) is 12.4 Å². The zero-order valence-corrected chi connectivity index (χ0v) is 10.6. The molecule has 3 heterocycles. The van der Waals surface area contributed by atoms with Crippen LogP contribution in [0, 0.1) is 0 Å². The van der Waals surface area contributed by atoms with Gasteiger partial charge in [0, 0.05) is 19.1 Å². The molecule has 17 heavy (non-hydrogen) atoms. The Morgan fingerprint density at radius 1 is 1.18 bits per heavy atom. The third kappa shape index (κ3) is 2.38. The molecule has 2 aliphatic heterocycles. The van der Waals surface area contributed by atoms with Gasteiger partial charge in [0.2, 0.25) is 0 Å². The van der Waals surface area contributed by atoms with E-state index >= 15 is 0 Å². The number of nitrogens with zero attached hydrogens (tertiary/aromatic N) is 4. The summed E-state index contributed by atoms with van der Waals surface area (Å²) in [5, 5.41) is 0.479. The van der Waals surface area contributed by atoms with Gasteiger partial charge in [0.1, 0.15) is 11.0 Å². The quantitative estimate of drug-likeness (QED) is 0.804. The largest absolute Gasteiger partial charge is 0.354 e. The Hall–Kier alpha value is -0.870. The van der Waals surface area contributed by atoms with Crippen molar-refractivity contribution in [3.63, 3.8) is 0 Å². The normalized spacial score (nSPS) is 25.7. The van der Waals surface area contributed by atoms with Gasteiger partial charge in [-0.05, 0) is 32.4 Å². The lowest BCUT2D eigenvalue weighted by molar-refractivity contribution is 0.260. The molecule has 2 fully saturated rings. The molecular weight excluding hydrogens is 236 g/mol. The number of rotatable bonds is 2. The van der Waals surface area contributed by atoms with E-state index in [1.807, 2.05) is 0 Å². The first kappa shape index (κ1) is 11.2. The van der Waals surface area contributed by atoms with Crippen molar-refractivity contribution in [3.05, 3.63) is 17.5 Å². The minimum atomic E-state index is 0.479. The molecule has 0 unspecified atom stereocenters. The topological polar surface area (TPSA) is 32.3 Å². The van der Waals surface area contributed by atoms with Crippen molar-refractivity contribution in [3.8, 4) is 0 Å². The van der Waals surface area contributed by atoms with Crippen LogP contribution in [0.3, 0.4) is 0 Å². The van der Waals surface area contributed by atoms with Crippen LogP contribution in [0.2, 0.25) is 5.15 Å². The zero-order chi connectivity index (χ0) is 11.7. The van der Waals surface area contributed by atoms with E-state index < -0.39 is 0 Å². The number of aromatic nitrogens is 2. The molecule has 0 aromatic carbocycles. The molecule has 0 N–H and O–H groups in total. The Morgan fingerprint density at radius 3 is 2.76 bits per heavy atom. The van der Waals surface area contributed by atoms with Crippen molar-refractivity contribution < 1.29 is 0 Å². The second-order valence-corrected chi connectivity index (χ2v) is 5.22. The molecule has 1 aromatic heterocycles. The van der Waals surface area contributed by atoms with Crippen LogP contribution < -0.4 is 4.90 Å². The molecule has 92 valence electrons. The minimum absolute atomic E-state index is 0.479. The Kier molecular flexibility index (Phi) is 3.16. The molecule has 5 heteroatoms. The fourth-order valence-corrected chi connectivity index (χ4v) is 2.98. The maximum Gasteiger partial charge on any atom is 0.149 e. The van der Waals surface area contributed by atoms with Gasteiger partial charge in [-0.25, -0.2) is 4.98 Å². The predicted octanol–water partition coefficient (Wildman–Crippen LogP) is 1.80. The molecule has 2 saturated heterocycles. The van der Waals surface area contributed by atoms with E-state index in [2.05, 4.69) is 19.8 Å². The third-order valence-electron chi connectivity index (χ3n) is 3.74. The van der Waals surface area contributed by atoms with Crippen molar-refractivity contribution >= 4 is 17.4 Å². The van der Waals surface area contributed by atoms with Crippen molar-refractivity contribution in [1.29, 1.82) is 0 Å². The summed E-state index contributed by atoms with van der Waals surface area (Å²) in [6.07, 6.45) is 7.33. The maximum atomic E-state index is 5.88. The molecule has 1 aromatic rings. The molecule has 2 aliphatic rings. The fourth-order valence-electron chi connectivity index (χ4n) is 2.84. The number of anilines is 1. The van der Waals surface area contributed by atoms with E-state index in [0.717, 1.165) is 18.9 Å². The summed E-state index contributed by atoms with van der Waals surface area (Å²) in [6.45, 7) is 4.66. The Bertz CT molecular complexity index is 392. The van der Waals surface area contributed by atoms with Crippen molar-refractivity contribution in [1.82, 2.24) is 14.9 Å². The van der Waals surface area contributed by atoms with Crippen molar-refractivity contribution in [2.75, 3.05) is 31.1 Å². The third-order valence-corrected chi connectivity index (χ3v) is 3.92. The Labute approximate surface area is 107 Å². The van der Waals surface area contributed by atoms with Gasteiger partial charge in [-0.3, -0.25) is 9.88 Å². The second-order valence-electron chi connectivity index (χ2n) is 4.83. The smallest absolute Gasteiger partial charge is 0.149 e. The standard InChI is InChI=1S/C12H17ClN4/c13-11-7-14-8-12(15-11)17-6-3-10(9-17)16-4-1-2-5-16/h7-8,10H,1-6,9H2/t10-/m0/s1. The van der Waals surface area contributed by atoms with Gasteiger partial charge in [-0.2, -0.15) is 0 Å². The van der Waals surface area contributed by atoms with Crippen LogP contribution in [0.4, 0.5) is 5.82 Å². The second kappa shape index (κ2) is 4.78. The highest BCUT2D eigenvalue weighted by atomic mass is 35.5. The first-order valence-electron chi connectivity index (χ1n) is 6.29. The van der Waals surface area contributed by atoms with E-state index in [0.29, 0.717) is 11.2 Å². The number of hydrogen-bond donors (Lipinski definition) is 0. The average Bonchev–Trinajstić information content (AvgIpc) is 3.00. The van der Waals surface area contributed by atoms with Crippen LogP contribution in [0.25, 0.3) is 0 Å². The van der Waals surface area contributed by atoms with Gasteiger partial charge < -0.3 is 4.90 Å². The van der Waals surface area contributed by atoms with Crippen LogP contribution in [0.1, 0.15) is 19.3 Å². The molecule has 1 atom stereocenters. The molecule has 0 spiro atoms. The predicted molar refractivity (Wildman–Crippen MR) is 68.5 cm³/mol. The van der Waals surface area contributed by atoms with Crippen LogP contribution in [-0.4, -0.2) is 47.1 Å². The maximum absolute atomic E-state index is 5.88. The summed E-state index contributed by atoms with van der Waals surface area (Å²) in [4.78, 5) is 13.3. The first-order chi connectivity index (χ1) is 8.33. The first-order valence-corrected chi connectivity index (χ1v) is 6.67. The van der Waals surface area contributed by atoms with Gasteiger partial charge in [0.15, 0.2) is 0 Å². The van der Waals surface area contributed by atoms with Crippen LogP contribution in [0.15, 0.2) is 12.4 Å². The lowest BCUT2D eigenvalue weighted by Crippen LogP contribution is -2.35. The highest BCUT2D eigenvalue weighted by Crippen LogP contribution is 2.24. The average molecular weight is 253 g/mol. The number of halogens is 1. The molecular formula is C12H17ClN4. The van der Waals surface area contributed by atoms with Crippen LogP contribution >= 0.6 is 11.6 Å². The van der Waals surface area contributed by atoms with E-state index in [-0.39, 0.29) is 0 Å². The Balaban J connectivity index is 1.67. The number of hydrogen-bond acceptors (Lipinski definition) is 4. The van der Waals surface area contributed by atoms with E-state index in [9.17, 15) is 0 Å². The summed E-state index contributed by atoms with van der Waals surface area (Å²) < 4.78 is 0. The van der Waals surface area contributed by atoms with Crippen molar-refractivity contribution in [2.45, 2.75) is 25.3 Å². The highest BCUT2D eigenvalue weighted by molar-refractivity contribution is 6.29. The lowest BCUT2D eigenvalue weighted by atomic mass is 10.2. The van der Waals surface area contributed by atoms with Gasteiger partial charge in [0.25, 0.3) is 0 Å². The summed E-state index contributed by atoms with van der Waals surface area (Å²) in [6, 6.07) is 0.693. The molecule has 0 amide bonds. The van der Waals surface area contributed by atoms with Crippen LogP contribution in [-0.2, 0) is 0 Å². The summed E-state index contributed by atoms with van der Waals surface area (Å²) in [5.41, 5.74) is 0. The van der Waals surface area contributed by atoms with Crippen LogP contribution in [0.5, 0.6) is 0 Å². The summed E-state index contributed by atoms with van der Waals surface area (Å²) in [7, 11) is 0. The lowest BCUT2D eigenvalue weighted by Gasteiger charge is -2.23. The van der Waals surface area contributed by atoms with E-state index in [1.165, 1.54) is 32.4 Å². The molecule has 0 aliphatic carbocycles. The van der Waals surface area contributed by atoms with Gasteiger partial charge >= 0.3 is 0 Å².